The highest BCUT2D eigenvalue weighted by Gasteiger charge is 2.27. The number of anilines is 1. The summed E-state index contributed by atoms with van der Waals surface area (Å²) in [7, 11) is 2.08. The second-order valence-corrected chi connectivity index (χ2v) is 4.91. The van der Waals surface area contributed by atoms with Gasteiger partial charge in [-0.25, -0.2) is 4.98 Å². The fourth-order valence-electron chi connectivity index (χ4n) is 2.90. The number of imidazole rings is 1. The summed E-state index contributed by atoms with van der Waals surface area (Å²) in [5.74, 6) is 1.41. The second-order valence-electron chi connectivity index (χ2n) is 4.91. The summed E-state index contributed by atoms with van der Waals surface area (Å²) in [5, 5.41) is 3.45. The quantitative estimate of drug-likeness (QED) is 0.721. The normalized spacial score (nSPS) is 17.4. The molecule has 0 saturated heterocycles. The van der Waals surface area contributed by atoms with Gasteiger partial charge < -0.3 is 9.88 Å². The number of hydrogen-bond donors (Lipinski definition) is 1. The fourth-order valence-corrected chi connectivity index (χ4v) is 2.90. The van der Waals surface area contributed by atoms with E-state index < -0.39 is 0 Å². The average molecular weight is 250 g/mol. The molecule has 0 saturated carbocycles. The van der Waals surface area contributed by atoms with E-state index in [9.17, 15) is 0 Å². The molecule has 1 aliphatic heterocycles. The molecule has 1 N–H and O–H groups in total. The van der Waals surface area contributed by atoms with Gasteiger partial charge in [0.2, 0.25) is 0 Å². The zero-order valence-electron chi connectivity index (χ0n) is 10.7. The standard InChI is InChI=1S/C15H14N4/c1-19-14-6-7-16-9-13(14)18-15(19)11-8-17-12-5-3-2-4-10(11)12/h2-7,9,11,17H,8H2,1H3. The minimum Gasteiger partial charge on any atom is -0.384 e. The Balaban J connectivity index is 1.90. The Morgan fingerprint density at radius 3 is 3.05 bits per heavy atom. The third kappa shape index (κ3) is 1.46. The van der Waals surface area contributed by atoms with Crippen LogP contribution in [-0.2, 0) is 7.05 Å². The molecule has 4 rings (SSSR count). The van der Waals surface area contributed by atoms with Gasteiger partial charge in [-0.2, -0.15) is 0 Å². The van der Waals surface area contributed by atoms with Gasteiger partial charge in [0.1, 0.15) is 11.3 Å². The first-order valence-electron chi connectivity index (χ1n) is 6.44. The van der Waals surface area contributed by atoms with Crippen molar-refractivity contribution >= 4 is 16.7 Å². The summed E-state index contributed by atoms with van der Waals surface area (Å²) >= 11 is 0. The molecule has 2 aromatic heterocycles. The summed E-state index contributed by atoms with van der Waals surface area (Å²) in [5.41, 5.74) is 4.64. The molecule has 0 radical (unpaired) electrons. The van der Waals surface area contributed by atoms with Crippen molar-refractivity contribution in [2.24, 2.45) is 7.05 Å². The van der Waals surface area contributed by atoms with Crippen LogP contribution in [0, 0.1) is 0 Å². The molecule has 3 aromatic rings. The second kappa shape index (κ2) is 3.82. The van der Waals surface area contributed by atoms with E-state index in [0.29, 0.717) is 5.92 Å². The predicted molar refractivity (Wildman–Crippen MR) is 75.3 cm³/mol. The van der Waals surface area contributed by atoms with Crippen LogP contribution in [0.2, 0.25) is 0 Å². The van der Waals surface area contributed by atoms with Crippen LogP contribution in [0.5, 0.6) is 0 Å². The molecule has 0 fully saturated rings. The van der Waals surface area contributed by atoms with Gasteiger partial charge in [0.05, 0.1) is 17.6 Å². The van der Waals surface area contributed by atoms with Crippen LogP contribution < -0.4 is 5.32 Å². The number of fused-ring (bicyclic) bond motifs is 2. The van der Waals surface area contributed by atoms with Crippen LogP contribution in [0.1, 0.15) is 17.3 Å². The van der Waals surface area contributed by atoms with E-state index in [1.807, 2.05) is 18.5 Å². The highest BCUT2D eigenvalue weighted by Crippen LogP contribution is 2.36. The summed E-state index contributed by atoms with van der Waals surface area (Å²) in [6.45, 7) is 0.907. The number of benzene rings is 1. The smallest absolute Gasteiger partial charge is 0.119 e. The molecule has 1 unspecified atom stereocenters. The Morgan fingerprint density at radius 2 is 2.16 bits per heavy atom. The van der Waals surface area contributed by atoms with E-state index in [0.717, 1.165) is 23.4 Å². The Labute approximate surface area is 111 Å². The van der Waals surface area contributed by atoms with Crippen LogP contribution in [0.4, 0.5) is 5.69 Å². The topological polar surface area (TPSA) is 42.7 Å². The maximum absolute atomic E-state index is 4.75. The lowest BCUT2D eigenvalue weighted by Crippen LogP contribution is -2.09. The molecule has 1 aliphatic rings. The van der Waals surface area contributed by atoms with Crippen molar-refractivity contribution in [3.63, 3.8) is 0 Å². The Kier molecular flexibility index (Phi) is 2.12. The fraction of sp³-hybridized carbons (Fsp3) is 0.200. The highest BCUT2D eigenvalue weighted by molar-refractivity contribution is 5.75. The van der Waals surface area contributed by atoms with Crippen molar-refractivity contribution in [2.75, 3.05) is 11.9 Å². The van der Waals surface area contributed by atoms with E-state index in [-0.39, 0.29) is 0 Å². The Hall–Kier alpha value is -2.36. The number of pyridine rings is 1. The molecular weight excluding hydrogens is 236 g/mol. The lowest BCUT2D eigenvalue weighted by atomic mass is 10.0. The largest absolute Gasteiger partial charge is 0.384 e. The summed E-state index contributed by atoms with van der Waals surface area (Å²) in [6.07, 6.45) is 3.64. The molecule has 0 bridgehead atoms. The van der Waals surface area contributed by atoms with E-state index >= 15 is 0 Å². The maximum atomic E-state index is 4.75. The average Bonchev–Trinajstić information content (AvgIpc) is 3.01. The Morgan fingerprint density at radius 1 is 1.26 bits per heavy atom. The van der Waals surface area contributed by atoms with Crippen molar-refractivity contribution in [1.29, 1.82) is 0 Å². The van der Waals surface area contributed by atoms with Crippen LogP contribution in [0.25, 0.3) is 11.0 Å². The monoisotopic (exact) mass is 250 g/mol. The van der Waals surface area contributed by atoms with Crippen molar-refractivity contribution in [3.05, 3.63) is 54.1 Å². The van der Waals surface area contributed by atoms with Crippen molar-refractivity contribution < 1.29 is 0 Å². The summed E-state index contributed by atoms with van der Waals surface area (Å²) in [6, 6.07) is 10.5. The van der Waals surface area contributed by atoms with Crippen LogP contribution in [0.3, 0.4) is 0 Å². The third-order valence-corrected chi connectivity index (χ3v) is 3.86. The zero-order chi connectivity index (χ0) is 12.8. The van der Waals surface area contributed by atoms with Gasteiger partial charge in [0.15, 0.2) is 0 Å². The molecule has 0 spiro atoms. The van der Waals surface area contributed by atoms with E-state index in [2.05, 4.69) is 46.2 Å². The van der Waals surface area contributed by atoms with Gasteiger partial charge in [-0.15, -0.1) is 0 Å². The maximum Gasteiger partial charge on any atom is 0.119 e. The highest BCUT2D eigenvalue weighted by atomic mass is 15.1. The minimum absolute atomic E-state index is 0.314. The number of nitrogens with one attached hydrogen (secondary N) is 1. The number of rotatable bonds is 1. The van der Waals surface area contributed by atoms with Gasteiger partial charge in [-0.05, 0) is 17.7 Å². The van der Waals surface area contributed by atoms with Crippen molar-refractivity contribution in [3.8, 4) is 0 Å². The number of nitrogens with zero attached hydrogens (tertiary/aromatic N) is 3. The lowest BCUT2D eigenvalue weighted by molar-refractivity contribution is 0.748. The molecule has 3 heterocycles. The molecule has 19 heavy (non-hydrogen) atoms. The van der Waals surface area contributed by atoms with Crippen molar-refractivity contribution in [1.82, 2.24) is 14.5 Å². The molecule has 1 aromatic carbocycles. The first-order chi connectivity index (χ1) is 9.34. The van der Waals surface area contributed by atoms with Crippen molar-refractivity contribution in [2.45, 2.75) is 5.92 Å². The summed E-state index contributed by atoms with van der Waals surface area (Å²) in [4.78, 5) is 8.90. The van der Waals surface area contributed by atoms with E-state index in [4.69, 9.17) is 4.98 Å². The van der Waals surface area contributed by atoms with Gasteiger partial charge in [-0.3, -0.25) is 4.98 Å². The van der Waals surface area contributed by atoms with Crippen LogP contribution in [0.15, 0.2) is 42.7 Å². The van der Waals surface area contributed by atoms with Gasteiger partial charge in [0.25, 0.3) is 0 Å². The molecule has 4 heteroatoms. The SMILES string of the molecule is Cn1c(C2CNc3ccccc32)nc2cnccc21. The van der Waals surface area contributed by atoms with Crippen LogP contribution >= 0.6 is 0 Å². The molecule has 94 valence electrons. The van der Waals surface area contributed by atoms with Gasteiger partial charge >= 0.3 is 0 Å². The molecule has 4 nitrogen and oxygen atoms in total. The number of hydrogen-bond acceptors (Lipinski definition) is 3. The lowest BCUT2D eigenvalue weighted by Gasteiger charge is -2.10. The first-order valence-corrected chi connectivity index (χ1v) is 6.44. The first kappa shape index (κ1) is 10.6. The Bertz CT molecular complexity index is 760. The van der Waals surface area contributed by atoms with E-state index in [1.54, 1.807) is 0 Å². The zero-order valence-corrected chi connectivity index (χ0v) is 10.7. The number of aryl methyl sites for hydroxylation is 1. The predicted octanol–water partition coefficient (Wildman–Crippen LogP) is 2.53. The summed E-state index contributed by atoms with van der Waals surface area (Å²) < 4.78 is 2.17. The molecule has 1 atom stereocenters. The van der Waals surface area contributed by atoms with Gasteiger partial charge in [0, 0.05) is 25.5 Å². The molecule has 0 aliphatic carbocycles. The van der Waals surface area contributed by atoms with E-state index in [1.165, 1.54) is 11.3 Å². The van der Waals surface area contributed by atoms with Crippen LogP contribution in [-0.4, -0.2) is 21.1 Å². The molecular formula is C15H14N4. The van der Waals surface area contributed by atoms with Gasteiger partial charge in [-0.1, -0.05) is 18.2 Å². The third-order valence-electron chi connectivity index (χ3n) is 3.86. The number of para-hydroxylation sites is 1. The molecule has 0 amide bonds. The number of aromatic nitrogens is 3. The minimum atomic E-state index is 0.314.